The number of hydrogen-bond acceptors (Lipinski definition) is 4. The standard InChI is InChI=1S/C21H32F3N3O3/c1-2-25-20(26-9-3-10-28-14-19-8-11-29-15-19)27-12-17-4-6-18(7-5-17)13-30-16-21(22,23)24/h4-7,19H,2-3,8-16H2,1H3,(H2,25,26,27). The van der Waals surface area contributed by atoms with Crippen molar-refractivity contribution < 1.29 is 27.4 Å². The Morgan fingerprint density at radius 2 is 1.93 bits per heavy atom. The fourth-order valence-electron chi connectivity index (χ4n) is 2.88. The molecule has 1 heterocycles. The predicted octanol–water partition coefficient (Wildman–Crippen LogP) is 3.26. The third-order valence-corrected chi connectivity index (χ3v) is 4.46. The number of ether oxygens (including phenoxy) is 3. The molecule has 1 aliphatic heterocycles. The monoisotopic (exact) mass is 431 g/mol. The minimum Gasteiger partial charge on any atom is -0.381 e. The van der Waals surface area contributed by atoms with Gasteiger partial charge in [-0.3, -0.25) is 0 Å². The number of nitrogens with one attached hydrogen (secondary N) is 2. The second-order valence-corrected chi connectivity index (χ2v) is 7.20. The summed E-state index contributed by atoms with van der Waals surface area (Å²) in [7, 11) is 0. The molecule has 0 bridgehead atoms. The van der Waals surface area contributed by atoms with Crippen LogP contribution < -0.4 is 10.6 Å². The van der Waals surface area contributed by atoms with Gasteiger partial charge in [-0.25, -0.2) is 4.99 Å². The van der Waals surface area contributed by atoms with Crippen LogP contribution in [-0.4, -0.2) is 58.3 Å². The average molecular weight is 431 g/mol. The van der Waals surface area contributed by atoms with Gasteiger partial charge < -0.3 is 24.8 Å². The van der Waals surface area contributed by atoms with E-state index in [1.165, 1.54) is 0 Å². The number of hydrogen-bond donors (Lipinski definition) is 2. The lowest BCUT2D eigenvalue weighted by molar-refractivity contribution is -0.176. The summed E-state index contributed by atoms with van der Waals surface area (Å²) in [6, 6.07) is 7.21. The average Bonchev–Trinajstić information content (AvgIpc) is 3.22. The van der Waals surface area contributed by atoms with Gasteiger partial charge in [-0.15, -0.1) is 0 Å². The number of nitrogens with zero attached hydrogens (tertiary/aromatic N) is 1. The van der Waals surface area contributed by atoms with Crippen LogP contribution in [0.25, 0.3) is 0 Å². The first-order valence-electron chi connectivity index (χ1n) is 10.4. The maximum atomic E-state index is 12.1. The first-order valence-corrected chi connectivity index (χ1v) is 10.4. The van der Waals surface area contributed by atoms with E-state index in [1.807, 2.05) is 19.1 Å². The Morgan fingerprint density at radius 1 is 1.17 bits per heavy atom. The molecule has 0 aromatic heterocycles. The SMILES string of the molecule is CCNC(=NCc1ccc(COCC(F)(F)F)cc1)NCCCOCC1CCOC1. The van der Waals surface area contributed by atoms with E-state index < -0.39 is 12.8 Å². The molecule has 1 aliphatic rings. The summed E-state index contributed by atoms with van der Waals surface area (Å²) in [5.41, 5.74) is 1.66. The normalized spacial score (nSPS) is 17.3. The minimum absolute atomic E-state index is 0.0664. The molecule has 1 atom stereocenters. The Kier molecular flexibility index (Phi) is 11.0. The smallest absolute Gasteiger partial charge is 0.381 e. The van der Waals surface area contributed by atoms with Crippen LogP contribution in [0.4, 0.5) is 13.2 Å². The van der Waals surface area contributed by atoms with Gasteiger partial charge in [-0.05, 0) is 30.9 Å². The first kappa shape index (κ1) is 24.4. The molecule has 1 unspecified atom stereocenters. The summed E-state index contributed by atoms with van der Waals surface area (Å²) in [5, 5.41) is 6.48. The van der Waals surface area contributed by atoms with Gasteiger partial charge in [0.1, 0.15) is 6.61 Å². The van der Waals surface area contributed by atoms with E-state index in [9.17, 15) is 13.2 Å². The lowest BCUT2D eigenvalue weighted by atomic mass is 10.1. The van der Waals surface area contributed by atoms with Crippen LogP contribution in [0.15, 0.2) is 29.3 Å². The highest BCUT2D eigenvalue weighted by Gasteiger charge is 2.27. The molecule has 0 amide bonds. The number of aliphatic imine (C=N–C) groups is 1. The Morgan fingerprint density at radius 3 is 2.60 bits per heavy atom. The number of guanidine groups is 1. The quantitative estimate of drug-likeness (QED) is 0.302. The summed E-state index contributed by atoms with van der Waals surface area (Å²) >= 11 is 0. The fourth-order valence-corrected chi connectivity index (χ4v) is 2.88. The van der Waals surface area contributed by atoms with Crippen molar-refractivity contribution in [3.63, 3.8) is 0 Å². The number of benzene rings is 1. The molecule has 170 valence electrons. The highest BCUT2D eigenvalue weighted by Crippen LogP contribution is 2.16. The van der Waals surface area contributed by atoms with Crippen molar-refractivity contribution >= 4 is 5.96 Å². The van der Waals surface area contributed by atoms with Crippen molar-refractivity contribution in [1.29, 1.82) is 0 Å². The molecular weight excluding hydrogens is 399 g/mol. The summed E-state index contributed by atoms with van der Waals surface area (Å²) in [6.45, 7) is 5.76. The molecule has 9 heteroatoms. The van der Waals surface area contributed by atoms with Crippen LogP contribution in [0.2, 0.25) is 0 Å². The maximum absolute atomic E-state index is 12.1. The Bertz CT molecular complexity index is 618. The zero-order valence-corrected chi connectivity index (χ0v) is 17.5. The van der Waals surface area contributed by atoms with Gasteiger partial charge in [0.25, 0.3) is 0 Å². The van der Waals surface area contributed by atoms with Crippen molar-refractivity contribution in [2.45, 2.75) is 39.1 Å². The number of halogens is 3. The zero-order chi connectivity index (χ0) is 21.7. The van der Waals surface area contributed by atoms with Crippen molar-refractivity contribution in [2.75, 3.05) is 46.1 Å². The van der Waals surface area contributed by atoms with Crippen molar-refractivity contribution in [1.82, 2.24) is 10.6 Å². The Balaban J connectivity index is 1.66. The lowest BCUT2D eigenvalue weighted by Crippen LogP contribution is -2.38. The van der Waals surface area contributed by atoms with E-state index in [2.05, 4.69) is 20.4 Å². The van der Waals surface area contributed by atoms with Crippen molar-refractivity contribution in [3.05, 3.63) is 35.4 Å². The van der Waals surface area contributed by atoms with Gasteiger partial charge in [0.05, 0.1) is 26.4 Å². The predicted molar refractivity (Wildman–Crippen MR) is 109 cm³/mol. The van der Waals surface area contributed by atoms with Gasteiger partial charge in [0.15, 0.2) is 5.96 Å². The highest BCUT2D eigenvalue weighted by molar-refractivity contribution is 5.79. The molecule has 1 aromatic rings. The van der Waals surface area contributed by atoms with E-state index in [0.717, 1.165) is 57.3 Å². The third-order valence-electron chi connectivity index (χ3n) is 4.46. The number of alkyl halides is 3. The molecule has 0 spiro atoms. The molecular formula is C21H32F3N3O3. The summed E-state index contributed by atoms with van der Waals surface area (Å²) < 4.78 is 52.0. The highest BCUT2D eigenvalue weighted by atomic mass is 19.4. The van der Waals surface area contributed by atoms with E-state index in [4.69, 9.17) is 9.47 Å². The van der Waals surface area contributed by atoms with E-state index in [0.29, 0.717) is 24.6 Å². The van der Waals surface area contributed by atoms with Crippen LogP contribution in [0.3, 0.4) is 0 Å². The second-order valence-electron chi connectivity index (χ2n) is 7.20. The zero-order valence-electron chi connectivity index (χ0n) is 17.5. The molecule has 2 N–H and O–H groups in total. The van der Waals surface area contributed by atoms with Gasteiger partial charge in [-0.1, -0.05) is 24.3 Å². The maximum Gasteiger partial charge on any atom is 0.411 e. The molecule has 1 fully saturated rings. The van der Waals surface area contributed by atoms with Crippen LogP contribution >= 0.6 is 0 Å². The summed E-state index contributed by atoms with van der Waals surface area (Å²) in [6.07, 6.45) is -2.34. The van der Waals surface area contributed by atoms with Crippen LogP contribution in [0.5, 0.6) is 0 Å². The van der Waals surface area contributed by atoms with Crippen molar-refractivity contribution in [2.24, 2.45) is 10.9 Å². The molecule has 6 nitrogen and oxygen atoms in total. The fraction of sp³-hybridized carbons (Fsp3) is 0.667. The third kappa shape index (κ3) is 10.8. The minimum atomic E-state index is -4.30. The van der Waals surface area contributed by atoms with Crippen LogP contribution in [0.1, 0.15) is 30.9 Å². The van der Waals surface area contributed by atoms with E-state index in [1.54, 1.807) is 12.1 Å². The lowest BCUT2D eigenvalue weighted by Gasteiger charge is -2.12. The molecule has 1 saturated heterocycles. The van der Waals surface area contributed by atoms with Gasteiger partial charge in [-0.2, -0.15) is 13.2 Å². The van der Waals surface area contributed by atoms with E-state index >= 15 is 0 Å². The van der Waals surface area contributed by atoms with E-state index in [-0.39, 0.29) is 6.61 Å². The molecule has 0 saturated carbocycles. The van der Waals surface area contributed by atoms with Gasteiger partial charge >= 0.3 is 6.18 Å². The van der Waals surface area contributed by atoms with Crippen LogP contribution in [-0.2, 0) is 27.4 Å². The molecule has 0 radical (unpaired) electrons. The topological polar surface area (TPSA) is 64.1 Å². The molecule has 30 heavy (non-hydrogen) atoms. The Hall–Kier alpha value is -1.84. The summed E-state index contributed by atoms with van der Waals surface area (Å²) in [4.78, 5) is 4.55. The van der Waals surface area contributed by atoms with Gasteiger partial charge in [0, 0.05) is 32.2 Å². The first-order chi connectivity index (χ1) is 14.5. The Labute approximate surface area is 176 Å². The summed E-state index contributed by atoms with van der Waals surface area (Å²) in [5.74, 6) is 1.25. The second kappa shape index (κ2) is 13.5. The molecule has 2 rings (SSSR count). The molecule has 0 aliphatic carbocycles. The number of rotatable bonds is 12. The van der Waals surface area contributed by atoms with Gasteiger partial charge in [0.2, 0.25) is 0 Å². The van der Waals surface area contributed by atoms with Crippen molar-refractivity contribution in [3.8, 4) is 0 Å². The van der Waals surface area contributed by atoms with Crippen LogP contribution in [0, 0.1) is 5.92 Å². The largest absolute Gasteiger partial charge is 0.411 e. The molecule has 1 aromatic carbocycles.